The number of nitrogens with one attached hydrogen (secondary N) is 1. The molecule has 0 saturated heterocycles. The lowest BCUT2D eigenvalue weighted by molar-refractivity contribution is -0.162. The molecule has 1 heterocycles. The minimum atomic E-state index is -4.72. The molecule has 0 spiro atoms. The number of hydrogen-bond donors (Lipinski definition) is 2. The molecule has 1 aliphatic rings. The van der Waals surface area contributed by atoms with Crippen LogP contribution in [0.2, 0.25) is 0 Å². The maximum Gasteiger partial charge on any atom is 0.406 e. The van der Waals surface area contributed by atoms with Crippen molar-refractivity contribution in [1.29, 1.82) is 0 Å². The second-order valence-corrected chi connectivity index (χ2v) is 3.76. The summed E-state index contributed by atoms with van der Waals surface area (Å²) >= 11 is 0. The number of hydrogen-bond acceptors (Lipinski definition) is 4. The fourth-order valence-corrected chi connectivity index (χ4v) is 1.39. The van der Waals surface area contributed by atoms with E-state index in [1.807, 2.05) is 5.43 Å². The van der Waals surface area contributed by atoms with Crippen molar-refractivity contribution in [3.8, 4) is 0 Å². The Labute approximate surface area is 105 Å². The largest absolute Gasteiger partial charge is 0.480 e. The Balaban J connectivity index is 2.82. The Morgan fingerprint density at radius 3 is 2.42 bits per heavy atom. The average molecular weight is 281 g/mol. The molecule has 2 N–H and O–H groups in total. The van der Waals surface area contributed by atoms with E-state index in [2.05, 4.69) is 5.10 Å². The molecule has 0 atom stereocenters. The van der Waals surface area contributed by atoms with Crippen LogP contribution in [-0.4, -0.2) is 52.8 Å². The van der Waals surface area contributed by atoms with Gasteiger partial charge in [0.1, 0.15) is 18.8 Å². The summed E-state index contributed by atoms with van der Waals surface area (Å²) in [5.74, 6) is -3.19. The molecule has 1 rings (SSSR count). The van der Waals surface area contributed by atoms with Gasteiger partial charge in [-0.05, 0) is 0 Å². The summed E-state index contributed by atoms with van der Waals surface area (Å²) in [5, 5.41) is 11.8. The zero-order chi connectivity index (χ0) is 14.6. The normalized spacial score (nSPS) is 15.5. The van der Waals surface area contributed by atoms with Gasteiger partial charge in [-0.3, -0.25) is 14.4 Å². The van der Waals surface area contributed by atoms with Crippen LogP contribution < -0.4 is 5.43 Å². The fraction of sp³-hybridized carbons (Fsp3) is 0.556. The van der Waals surface area contributed by atoms with Crippen LogP contribution in [0.1, 0.15) is 12.8 Å². The summed E-state index contributed by atoms with van der Waals surface area (Å²) in [6.07, 6.45) is -4.93. The minimum Gasteiger partial charge on any atom is -0.480 e. The Kier molecular flexibility index (Phi) is 4.46. The summed E-state index contributed by atoms with van der Waals surface area (Å²) in [7, 11) is 0. The molecule has 10 heteroatoms. The number of carbonyl (C=O) groups is 3. The number of carboxylic acids is 1. The monoisotopic (exact) mass is 281 g/mol. The van der Waals surface area contributed by atoms with Crippen molar-refractivity contribution in [2.75, 3.05) is 13.1 Å². The standard InChI is InChI=1S/C9H10F3N3O4/c10-9(11,12)4-15(3-7(17)18)8(19)5-1-2-6(16)14-13-5/h1-4H2,(H,14,16)(H,17,18). The van der Waals surface area contributed by atoms with Crippen LogP contribution in [0.15, 0.2) is 5.10 Å². The number of aliphatic carboxylic acids is 1. The molecule has 0 radical (unpaired) electrons. The first-order valence-corrected chi connectivity index (χ1v) is 5.12. The highest BCUT2D eigenvalue weighted by atomic mass is 19.4. The zero-order valence-electron chi connectivity index (χ0n) is 9.53. The topological polar surface area (TPSA) is 99.1 Å². The maximum atomic E-state index is 12.2. The van der Waals surface area contributed by atoms with Crippen LogP contribution in [0, 0.1) is 0 Å². The minimum absolute atomic E-state index is 0.0858. The quantitative estimate of drug-likeness (QED) is 0.740. The van der Waals surface area contributed by atoms with E-state index in [9.17, 15) is 27.6 Å². The second-order valence-electron chi connectivity index (χ2n) is 3.76. The maximum absolute atomic E-state index is 12.2. The molecular weight excluding hydrogens is 271 g/mol. The number of carbonyl (C=O) groups excluding carboxylic acids is 2. The molecule has 0 fully saturated rings. The SMILES string of the molecule is O=C(O)CN(CC(F)(F)F)C(=O)C1=NNC(=O)CC1. The summed E-state index contributed by atoms with van der Waals surface area (Å²) < 4.78 is 36.7. The first-order chi connectivity index (χ1) is 8.69. The highest BCUT2D eigenvalue weighted by Gasteiger charge is 2.35. The Morgan fingerprint density at radius 2 is 2.00 bits per heavy atom. The lowest BCUT2D eigenvalue weighted by atomic mass is 10.1. The van der Waals surface area contributed by atoms with Gasteiger partial charge >= 0.3 is 12.1 Å². The molecular formula is C9H10F3N3O4. The van der Waals surface area contributed by atoms with Gasteiger partial charge in [0.05, 0.1) is 0 Å². The highest BCUT2D eigenvalue weighted by molar-refractivity contribution is 6.39. The van der Waals surface area contributed by atoms with E-state index in [0.717, 1.165) is 0 Å². The van der Waals surface area contributed by atoms with Crippen molar-refractivity contribution >= 4 is 23.5 Å². The molecule has 0 saturated carbocycles. The molecule has 2 amide bonds. The third-order valence-corrected chi connectivity index (χ3v) is 2.13. The summed E-state index contributed by atoms with van der Waals surface area (Å²) in [6, 6.07) is 0. The van der Waals surface area contributed by atoms with E-state index in [1.54, 1.807) is 0 Å². The summed E-state index contributed by atoms with van der Waals surface area (Å²) in [4.78, 5) is 33.1. The fourth-order valence-electron chi connectivity index (χ4n) is 1.39. The van der Waals surface area contributed by atoms with Gasteiger partial charge in [0.25, 0.3) is 5.91 Å². The Hall–Kier alpha value is -2.13. The molecule has 106 valence electrons. The lowest BCUT2D eigenvalue weighted by Crippen LogP contribution is -2.46. The predicted molar refractivity (Wildman–Crippen MR) is 55.1 cm³/mol. The van der Waals surface area contributed by atoms with Crippen molar-refractivity contribution in [2.45, 2.75) is 19.0 Å². The molecule has 0 aliphatic carbocycles. The third kappa shape index (κ3) is 4.94. The lowest BCUT2D eigenvalue weighted by Gasteiger charge is -2.23. The average Bonchev–Trinajstić information content (AvgIpc) is 2.25. The molecule has 19 heavy (non-hydrogen) atoms. The van der Waals surface area contributed by atoms with Gasteiger partial charge in [-0.2, -0.15) is 18.3 Å². The van der Waals surface area contributed by atoms with Crippen molar-refractivity contribution in [3.63, 3.8) is 0 Å². The van der Waals surface area contributed by atoms with Crippen LogP contribution in [-0.2, 0) is 14.4 Å². The number of carboxylic acid groups (broad SMARTS) is 1. The summed E-state index contributed by atoms with van der Waals surface area (Å²) in [5.41, 5.74) is 1.66. The van der Waals surface area contributed by atoms with E-state index in [4.69, 9.17) is 5.11 Å². The van der Waals surface area contributed by atoms with E-state index < -0.39 is 37.0 Å². The molecule has 0 aromatic heterocycles. The number of hydrazone groups is 1. The van der Waals surface area contributed by atoms with E-state index in [0.29, 0.717) is 0 Å². The van der Waals surface area contributed by atoms with Gasteiger partial charge in [0, 0.05) is 12.8 Å². The van der Waals surface area contributed by atoms with Crippen molar-refractivity contribution in [1.82, 2.24) is 10.3 Å². The Bertz CT molecular complexity index is 433. The molecule has 0 unspecified atom stereocenters. The van der Waals surface area contributed by atoms with Crippen LogP contribution in [0.4, 0.5) is 13.2 Å². The molecule has 0 bridgehead atoms. The van der Waals surface area contributed by atoms with Crippen molar-refractivity contribution in [2.24, 2.45) is 5.10 Å². The van der Waals surface area contributed by atoms with E-state index in [1.165, 1.54) is 0 Å². The van der Waals surface area contributed by atoms with Crippen LogP contribution in [0.3, 0.4) is 0 Å². The van der Waals surface area contributed by atoms with Gasteiger partial charge in [0.15, 0.2) is 0 Å². The van der Waals surface area contributed by atoms with Crippen molar-refractivity contribution < 1.29 is 32.7 Å². The number of alkyl halides is 3. The summed E-state index contributed by atoms with van der Waals surface area (Å²) in [6.45, 7) is -2.78. The third-order valence-electron chi connectivity index (χ3n) is 2.13. The number of amides is 2. The van der Waals surface area contributed by atoms with Gasteiger partial charge in [0.2, 0.25) is 5.91 Å². The predicted octanol–water partition coefficient (Wildman–Crippen LogP) is -0.272. The smallest absolute Gasteiger partial charge is 0.406 e. The molecule has 0 aromatic carbocycles. The van der Waals surface area contributed by atoms with Crippen molar-refractivity contribution in [3.05, 3.63) is 0 Å². The first-order valence-electron chi connectivity index (χ1n) is 5.12. The van der Waals surface area contributed by atoms with Gasteiger partial charge in [-0.15, -0.1) is 0 Å². The van der Waals surface area contributed by atoms with Crippen LogP contribution in [0.5, 0.6) is 0 Å². The van der Waals surface area contributed by atoms with E-state index >= 15 is 0 Å². The number of halogens is 3. The van der Waals surface area contributed by atoms with Crippen LogP contribution >= 0.6 is 0 Å². The molecule has 7 nitrogen and oxygen atoms in total. The van der Waals surface area contributed by atoms with Gasteiger partial charge in [-0.25, -0.2) is 5.43 Å². The van der Waals surface area contributed by atoms with Gasteiger partial charge in [-0.1, -0.05) is 0 Å². The van der Waals surface area contributed by atoms with Gasteiger partial charge < -0.3 is 10.0 Å². The number of rotatable bonds is 4. The first kappa shape index (κ1) is 14.9. The second kappa shape index (κ2) is 5.67. The molecule has 1 aliphatic heterocycles. The zero-order valence-corrected chi connectivity index (χ0v) is 9.53. The Morgan fingerprint density at radius 1 is 1.37 bits per heavy atom. The molecule has 0 aromatic rings. The van der Waals surface area contributed by atoms with Crippen LogP contribution in [0.25, 0.3) is 0 Å². The number of nitrogens with zero attached hydrogens (tertiary/aromatic N) is 2. The van der Waals surface area contributed by atoms with E-state index in [-0.39, 0.29) is 23.5 Å². The highest BCUT2D eigenvalue weighted by Crippen LogP contribution is 2.17.